The molecule has 5 heteroatoms. The fraction of sp³-hybridized carbons (Fsp3) is 0. The van der Waals surface area contributed by atoms with Crippen LogP contribution in [0.2, 0.25) is 0 Å². The molecule has 0 spiro atoms. The van der Waals surface area contributed by atoms with Gasteiger partial charge in [-0.3, -0.25) is 0 Å². The van der Waals surface area contributed by atoms with Gasteiger partial charge in [-0.25, -0.2) is 0 Å². The van der Waals surface area contributed by atoms with Crippen molar-refractivity contribution in [2.24, 2.45) is 0 Å². The van der Waals surface area contributed by atoms with Gasteiger partial charge in [0.1, 0.15) is 0 Å². The molecule has 5 heavy (non-hydrogen) atoms. The van der Waals surface area contributed by atoms with E-state index in [0.29, 0.717) is 0 Å². The average molecular weight is 239 g/mol. The van der Waals surface area contributed by atoms with E-state index in [1.807, 2.05) is 0 Å². The minimum atomic E-state index is 0. The first-order chi connectivity index (χ1) is 0. The van der Waals surface area contributed by atoms with E-state index in [9.17, 15) is 0 Å². The van der Waals surface area contributed by atoms with Gasteiger partial charge in [-0.05, 0) is 0 Å². The number of rotatable bonds is 0. The molecule has 0 bridgehead atoms. The molecule has 0 saturated heterocycles. The summed E-state index contributed by atoms with van der Waals surface area (Å²) in [5.74, 6) is 0. The molecule has 0 aromatic rings. The largest absolute Gasteiger partial charge is 0 e. The van der Waals surface area contributed by atoms with Crippen LogP contribution in [0.4, 0.5) is 0 Å². The van der Waals surface area contributed by atoms with E-state index in [2.05, 4.69) is 0 Å². The standard InChI is InChI=1S/5Ti. The van der Waals surface area contributed by atoms with Crippen molar-refractivity contribution in [3.63, 3.8) is 0 Å². The molecular weight excluding hydrogens is 239 g/mol. The second kappa shape index (κ2) is 25.6. The topological polar surface area (TPSA) is 0 Å². The molecule has 0 saturated carbocycles. The summed E-state index contributed by atoms with van der Waals surface area (Å²) in [7, 11) is 0. The van der Waals surface area contributed by atoms with Crippen molar-refractivity contribution in [1.29, 1.82) is 0 Å². The Bertz CT molecular complexity index is 0. The molecule has 0 aromatic carbocycles. The summed E-state index contributed by atoms with van der Waals surface area (Å²) in [4.78, 5) is 0. The van der Waals surface area contributed by atoms with Gasteiger partial charge in [-0.1, -0.05) is 0 Å². The van der Waals surface area contributed by atoms with Crippen molar-refractivity contribution >= 4 is 0 Å². The van der Waals surface area contributed by atoms with Crippen LogP contribution in [-0.4, -0.2) is 0 Å². The summed E-state index contributed by atoms with van der Waals surface area (Å²) in [6.07, 6.45) is 0. The van der Waals surface area contributed by atoms with Gasteiger partial charge in [-0.2, -0.15) is 0 Å². The fourth-order valence-electron chi connectivity index (χ4n) is 0. The van der Waals surface area contributed by atoms with Crippen LogP contribution in [0.5, 0.6) is 0 Å². The van der Waals surface area contributed by atoms with Crippen LogP contribution in [0.3, 0.4) is 0 Å². The van der Waals surface area contributed by atoms with Crippen LogP contribution in [0.15, 0.2) is 0 Å². The first-order valence-electron chi connectivity index (χ1n) is 0. The van der Waals surface area contributed by atoms with Crippen molar-refractivity contribution in [3.05, 3.63) is 0 Å². The zero-order valence-corrected chi connectivity index (χ0v) is 10.3. The average Bonchev–Trinajstić information content (AvgIpc) is 0. The molecule has 0 rings (SSSR count). The maximum atomic E-state index is 0. The van der Waals surface area contributed by atoms with Gasteiger partial charge >= 0.3 is 0 Å². The summed E-state index contributed by atoms with van der Waals surface area (Å²) < 4.78 is 0. The molecule has 0 heterocycles. The van der Waals surface area contributed by atoms with Gasteiger partial charge in [0.25, 0.3) is 0 Å². The van der Waals surface area contributed by atoms with E-state index in [1.54, 1.807) is 0 Å². The molecule has 20 valence electrons. The zero-order chi connectivity index (χ0) is 0. The van der Waals surface area contributed by atoms with Crippen molar-refractivity contribution < 1.29 is 109 Å². The Morgan fingerprint density at radius 2 is 0.200 bits per heavy atom. The molecule has 0 atom stereocenters. The third-order valence-corrected chi connectivity index (χ3v) is 0. The predicted octanol–water partition coefficient (Wildman–Crippen LogP) is -0.0125. The van der Waals surface area contributed by atoms with Gasteiger partial charge < -0.3 is 0 Å². The van der Waals surface area contributed by atoms with Gasteiger partial charge in [0, 0.05) is 109 Å². The van der Waals surface area contributed by atoms with Crippen molar-refractivity contribution in [1.82, 2.24) is 0 Å². The molecule has 0 amide bonds. The Morgan fingerprint density at radius 1 is 0.200 bits per heavy atom. The summed E-state index contributed by atoms with van der Waals surface area (Å²) >= 11 is 0. The van der Waals surface area contributed by atoms with E-state index in [-0.39, 0.29) is 109 Å². The number of hydrogen-bond donors (Lipinski definition) is 0. The van der Waals surface area contributed by atoms with Crippen LogP contribution < -0.4 is 0 Å². The fourth-order valence-corrected chi connectivity index (χ4v) is 0. The van der Waals surface area contributed by atoms with E-state index >= 15 is 0 Å². The zero-order valence-electron chi connectivity index (χ0n) is 2.50. The molecule has 0 aromatic heterocycles. The molecule has 0 aliphatic rings. The molecule has 0 aliphatic carbocycles. The second-order valence-corrected chi connectivity index (χ2v) is 0. The predicted molar refractivity (Wildman–Crippen MR) is 0 cm³/mol. The second-order valence-electron chi connectivity index (χ2n) is 0. The molecular formula is Ti5. The van der Waals surface area contributed by atoms with Gasteiger partial charge in [0.05, 0.1) is 0 Å². The van der Waals surface area contributed by atoms with Crippen LogP contribution in [-0.2, 0) is 109 Å². The van der Waals surface area contributed by atoms with Crippen molar-refractivity contribution in [2.45, 2.75) is 0 Å². The van der Waals surface area contributed by atoms with E-state index in [0.717, 1.165) is 0 Å². The van der Waals surface area contributed by atoms with Crippen LogP contribution >= 0.6 is 0 Å². The van der Waals surface area contributed by atoms with Crippen LogP contribution in [0.1, 0.15) is 0 Å². The normalized spacial score (nSPS) is 0. The van der Waals surface area contributed by atoms with E-state index in [1.165, 1.54) is 0 Å². The molecule has 0 unspecified atom stereocenters. The SMILES string of the molecule is [Ti].[Ti].[Ti].[Ti].[Ti]. The van der Waals surface area contributed by atoms with Gasteiger partial charge in [-0.15, -0.1) is 0 Å². The first kappa shape index (κ1) is 38.5. The summed E-state index contributed by atoms with van der Waals surface area (Å²) in [5, 5.41) is 0. The smallest absolute Gasteiger partial charge is 0 e. The van der Waals surface area contributed by atoms with E-state index < -0.39 is 0 Å². The van der Waals surface area contributed by atoms with Crippen LogP contribution in [0, 0.1) is 0 Å². The summed E-state index contributed by atoms with van der Waals surface area (Å²) in [6.45, 7) is 0. The first-order valence-corrected chi connectivity index (χ1v) is 0. The Kier molecular flexibility index (Phi) is 198. The summed E-state index contributed by atoms with van der Waals surface area (Å²) in [5.41, 5.74) is 0. The molecule has 0 aliphatic heterocycles. The van der Waals surface area contributed by atoms with Gasteiger partial charge in [0.15, 0.2) is 0 Å². The Hall–Kier alpha value is 3.57. The maximum Gasteiger partial charge on any atom is 0 e. The monoisotopic (exact) mass is 240 g/mol. The van der Waals surface area contributed by atoms with Crippen molar-refractivity contribution in [3.8, 4) is 0 Å². The van der Waals surface area contributed by atoms with Crippen LogP contribution in [0.25, 0.3) is 0 Å². The number of hydrogen-bond acceptors (Lipinski definition) is 0. The molecule has 0 N–H and O–H groups in total. The van der Waals surface area contributed by atoms with Crippen molar-refractivity contribution in [2.75, 3.05) is 0 Å². The Balaban J connectivity index is 0. The maximum absolute atomic E-state index is 0. The third kappa shape index (κ3) is 18.4. The molecule has 0 nitrogen and oxygen atoms in total. The minimum absolute atomic E-state index is 0. The molecule has 0 fully saturated rings. The third-order valence-electron chi connectivity index (χ3n) is 0. The Labute approximate surface area is 106 Å². The molecule has 0 radical (unpaired) electrons. The minimum Gasteiger partial charge on any atom is 0 e. The summed E-state index contributed by atoms with van der Waals surface area (Å²) in [6, 6.07) is 0. The quantitative estimate of drug-likeness (QED) is 0.522. The Morgan fingerprint density at radius 3 is 0.200 bits per heavy atom. The van der Waals surface area contributed by atoms with E-state index in [4.69, 9.17) is 0 Å². The van der Waals surface area contributed by atoms with Gasteiger partial charge in [0.2, 0.25) is 0 Å².